The molecular weight excluding hydrogens is 161 g/mol. The molecule has 0 spiro atoms. The molecule has 0 bridgehead atoms. The van der Waals surface area contributed by atoms with E-state index in [0.29, 0.717) is 0 Å². The van der Waals surface area contributed by atoms with Gasteiger partial charge in [-0.2, -0.15) is 13.2 Å². The number of ether oxygens (including phenoxy) is 1. The maximum absolute atomic E-state index is 11.3. The minimum atomic E-state index is -4.37. The number of alkyl halides is 3. The highest BCUT2D eigenvalue weighted by Crippen LogP contribution is 2.13. The summed E-state index contributed by atoms with van der Waals surface area (Å²) in [5.41, 5.74) is 0. The molecule has 5 heteroatoms. The molecule has 2 nitrogen and oxygen atoms in total. The summed E-state index contributed by atoms with van der Waals surface area (Å²) in [6.45, 7) is 1.10. The largest absolute Gasteiger partial charge is 0.411 e. The molecule has 11 heavy (non-hydrogen) atoms. The predicted molar refractivity (Wildman–Crippen MR) is 32.1 cm³/mol. The topological polar surface area (TPSA) is 26.3 Å². The van der Waals surface area contributed by atoms with Crippen molar-refractivity contribution in [1.29, 1.82) is 0 Å². The Hall–Kier alpha value is -0.840. The van der Waals surface area contributed by atoms with Crippen LogP contribution in [0.5, 0.6) is 0 Å². The van der Waals surface area contributed by atoms with Crippen molar-refractivity contribution >= 4 is 5.78 Å². The summed E-state index contributed by atoms with van der Waals surface area (Å²) in [6.07, 6.45) is -3.46. The predicted octanol–water partition coefficient (Wildman–Crippen LogP) is 1.32. The minimum absolute atomic E-state index is 0.561. The van der Waals surface area contributed by atoms with E-state index in [0.717, 1.165) is 6.08 Å². The Bertz CT molecular complexity index is 150. The molecule has 0 saturated heterocycles. The molecule has 0 saturated carbocycles. The van der Waals surface area contributed by atoms with Crippen molar-refractivity contribution in [2.75, 3.05) is 13.2 Å². The smallest absolute Gasteiger partial charge is 0.364 e. The highest BCUT2D eigenvalue weighted by atomic mass is 19.4. The van der Waals surface area contributed by atoms with Gasteiger partial charge < -0.3 is 4.74 Å². The molecule has 0 unspecified atom stereocenters. The van der Waals surface area contributed by atoms with E-state index >= 15 is 0 Å². The maximum atomic E-state index is 11.3. The van der Waals surface area contributed by atoms with E-state index in [4.69, 9.17) is 0 Å². The summed E-state index contributed by atoms with van der Waals surface area (Å²) in [6, 6.07) is 0. The van der Waals surface area contributed by atoms with Gasteiger partial charge in [0.15, 0.2) is 5.78 Å². The van der Waals surface area contributed by atoms with Crippen LogP contribution in [-0.4, -0.2) is 25.2 Å². The van der Waals surface area contributed by atoms with Crippen molar-refractivity contribution in [3.8, 4) is 0 Å². The van der Waals surface area contributed by atoms with Crippen LogP contribution in [0, 0.1) is 0 Å². The van der Waals surface area contributed by atoms with Crippen LogP contribution in [0.3, 0.4) is 0 Å². The maximum Gasteiger partial charge on any atom is 0.411 e. The fourth-order valence-electron chi connectivity index (χ4n) is 0.326. The quantitative estimate of drug-likeness (QED) is 0.592. The first-order valence-electron chi connectivity index (χ1n) is 2.75. The number of carbonyl (C=O) groups is 1. The van der Waals surface area contributed by atoms with E-state index < -0.39 is 25.2 Å². The average Bonchev–Trinajstić information content (AvgIpc) is 1.85. The fraction of sp³-hybridized carbons (Fsp3) is 0.500. The first-order valence-corrected chi connectivity index (χ1v) is 2.75. The van der Waals surface area contributed by atoms with Gasteiger partial charge >= 0.3 is 6.18 Å². The SMILES string of the molecule is C=CC(=O)COCC(F)(F)F. The molecule has 0 aromatic rings. The Morgan fingerprint density at radius 1 is 1.55 bits per heavy atom. The van der Waals surface area contributed by atoms with Crippen molar-refractivity contribution in [1.82, 2.24) is 0 Å². The van der Waals surface area contributed by atoms with Gasteiger partial charge in [-0.05, 0) is 6.08 Å². The third-order valence-electron chi connectivity index (χ3n) is 0.738. The molecule has 0 amide bonds. The summed E-state index contributed by atoms with van der Waals surface area (Å²) in [5.74, 6) is -0.561. The molecule has 0 aliphatic carbocycles. The van der Waals surface area contributed by atoms with Crippen molar-refractivity contribution in [3.63, 3.8) is 0 Å². The molecule has 0 fully saturated rings. The van der Waals surface area contributed by atoms with Crippen molar-refractivity contribution in [2.24, 2.45) is 0 Å². The Morgan fingerprint density at radius 3 is 2.45 bits per heavy atom. The lowest BCUT2D eigenvalue weighted by Crippen LogP contribution is -2.19. The highest BCUT2D eigenvalue weighted by Gasteiger charge is 2.27. The van der Waals surface area contributed by atoms with Crippen LogP contribution in [0.25, 0.3) is 0 Å². The molecule has 0 aromatic heterocycles. The van der Waals surface area contributed by atoms with Crippen LogP contribution < -0.4 is 0 Å². The van der Waals surface area contributed by atoms with E-state index in [1.54, 1.807) is 0 Å². The molecule has 0 rings (SSSR count). The Labute approximate surface area is 61.6 Å². The summed E-state index contributed by atoms with van der Waals surface area (Å²) >= 11 is 0. The van der Waals surface area contributed by atoms with Gasteiger partial charge in [0.2, 0.25) is 0 Å². The van der Waals surface area contributed by atoms with E-state index in [9.17, 15) is 18.0 Å². The Balaban J connectivity index is 3.42. The minimum Gasteiger partial charge on any atom is -0.364 e. The number of rotatable bonds is 4. The van der Waals surface area contributed by atoms with Gasteiger partial charge in [0.25, 0.3) is 0 Å². The van der Waals surface area contributed by atoms with Gasteiger partial charge in [0.1, 0.15) is 13.2 Å². The third kappa shape index (κ3) is 7.05. The lowest BCUT2D eigenvalue weighted by atomic mass is 10.4. The molecule has 0 aliphatic heterocycles. The molecule has 0 radical (unpaired) electrons. The van der Waals surface area contributed by atoms with Crippen LogP contribution in [0.2, 0.25) is 0 Å². The van der Waals surface area contributed by atoms with Crippen LogP contribution in [0.15, 0.2) is 12.7 Å². The van der Waals surface area contributed by atoms with Crippen LogP contribution in [0.4, 0.5) is 13.2 Å². The van der Waals surface area contributed by atoms with Gasteiger partial charge in [0, 0.05) is 0 Å². The molecule has 0 N–H and O–H groups in total. The normalized spacial score (nSPS) is 11.2. The standard InChI is InChI=1S/C6H7F3O2/c1-2-5(10)3-11-4-6(7,8)9/h2H,1,3-4H2. The molecule has 0 aromatic carbocycles. The molecule has 64 valence electrons. The highest BCUT2D eigenvalue weighted by molar-refractivity contribution is 5.90. The summed E-state index contributed by atoms with van der Waals surface area (Å²) < 4.78 is 38.0. The lowest BCUT2D eigenvalue weighted by molar-refractivity contribution is -0.174. The molecule has 0 aliphatic rings. The van der Waals surface area contributed by atoms with E-state index in [2.05, 4.69) is 11.3 Å². The summed E-state index contributed by atoms with van der Waals surface area (Å²) in [5, 5.41) is 0. The first kappa shape index (κ1) is 10.2. The molecular formula is C6H7F3O2. The number of halogens is 3. The van der Waals surface area contributed by atoms with Crippen molar-refractivity contribution in [3.05, 3.63) is 12.7 Å². The number of carbonyl (C=O) groups excluding carboxylic acids is 1. The van der Waals surface area contributed by atoms with Gasteiger partial charge in [-0.3, -0.25) is 4.79 Å². The number of hydrogen-bond donors (Lipinski definition) is 0. The number of ketones is 1. The first-order chi connectivity index (χ1) is 4.95. The number of hydrogen-bond acceptors (Lipinski definition) is 2. The van der Waals surface area contributed by atoms with Gasteiger partial charge in [0.05, 0.1) is 0 Å². The molecule has 0 atom stereocenters. The van der Waals surface area contributed by atoms with Crippen LogP contribution >= 0.6 is 0 Å². The fourth-order valence-corrected chi connectivity index (χ4v) is 0.326. The van der Waals surface area contributed by atoms with Gasteiger partial charge in [-0.25, -0.2) is 0 Å². The Kier molecular flexibility index (Phi) is 3.81. The summed E-state index contributed by atoms with van der Waals surface area (Å²) in [7, 11) is 0. The van der Waals surface area contributed by atoms with Gasteiger partial charge in [-0.1, -0.05) is 6.58 Å². The average molecular weight is 168 g/mol. The van der Waals surface area contributed by atoms with Crippen molar-refractivity contribution < 1.29 is 22.7 Å². The van der Waals surface area contributed by atoms with Crippen molar-refractivity contribution in [2.45, 2.75) is 6.18 Å². The van der Waals surface area contributed by atoms with E-state index in [1.807, 2.05) is 0 Å². The second-order valence-electron chi connectivity index (χ2n) is 1.78. The zero-order valence-electron chi connectivity index (χ0n) is 5.65. The zero-order chi connectivity index (χ0) is 8.91. The van der Waals surface area contributed by atoms with E-state index in [1.165, 1.54) is 0 Å². The van der Waals surface area contributed by atoms with E-state index in [-0.39, 0.29) is 0 Å². The second kappa shape index (κ2) is 4.12. The summed E-state index contributed by atoms with van der Waals surface area (Å²) in [4.78, 5) is 10.3. The lowest BCUT2D eigenvalue weighted by Gasteiger charge is -2.04. The van der Waals surface area contributed by atoms with Gasteiger partial charge in [-0.15, -0.1) is 0 Å². The third-order valence-corrected chi connectivity index (χ3v) is 0.738. The van der Waals surface area contributed by atoms with Crippen LogP contribution in [-0.2, 0) is 9.53 Å². The second-order valence-corrected chi connectivity index (χ2v) is 1.78. The van der Waals surface area contributed by atoms with Crippen LogP contribution in [0.1, 0.15) is 0 Å². The molecule has 0 heterocycles. The monoisotopic (exact) mass is 168 g/mol. The Morgan fingerprint density at radius 2 is 2.09 bits per heavy atom. The zero-order valence-corrected chi connectivity index (χ0v) is 5.65.